The molecule has 0 bridgehead atoms. The number of hydrogen-bond acceptors (Lipinski definition) is 4. The van der Waals surface area contributed by atoms with Crippen LogP contribution in [0.25, 0.3) is 0 Å². The minimum absolute atomic E-state index is 0.0367. The third-order valence-corrected chi connectivity index (χ3v) is 3.97. The molecule has 0 saturated carbocycles. The van der Waals surface area contributed by atoms with Crippen molar-refractivity contribution < 1.29 is 14.3 Å². The number of ether oxygens (including phenoxy) is 1. The van der Waals surface area contributed by atoms with Gasteiger partial charge in [0.15, 0.2) is 0 Å². The van der Waals surface area contributed by atoms with Crippen LogP contribution in [0, 0.1) is 0 Å². The summed E-state index contributed by atoms with van der Waals surface area (Å²) in [5.41, 5.74) is 2.02. The molecule has 0 fully saturated rings. The predicted octanol–water partition coefficient (Wildman–Crippen LogP) is 2.12. The monoisotopic (exact) mass is 347 g/mol. The van der Waals surface area contributed by atoms with Crippen LogP contribution in [0.15, 0.2) is 24.3 Å². The van der Waals surface area contributed by atoms with E-state index in [0.717, 1.165) is 25.8 Å². The maximum Gasteiger partial charge on any atom is 0.407 e. The van der Waals surface area contributed by atoms with Crippen molar-refractivity contribution in [3.8, 4) is 0 Å². The van der Waals surface area contributed by atoms with Gasteiger partial charge in [0, 0.05) is 19.6 Å². The van der Waals surface area contributed by atoms with Gasteiger partial charge in [-0.2, -0.15) is 0 Å². The number of rotatable bonds is 6. The summed E-state index contributed by atoms with van der Waals surface area (Å²) in [6.45, 7) is 7.38. The fraction of sp³-hybridized carbons (Fsp3) is 0.579. The van der Waals surface area contributed by atoms with Gasteiger partial charge >= 0.3 is 6.09 Å². The number of carbonyl (C=O) groups is 2. The zero-order valence-electron chi connectivity index (χ0n) is 15.4. The maximum absolute atomic E-state index is 12.2. The van der Waals surface area contributed by atoms with Gasteiger partial charge in [-0.05, 0) is 51.2 Å². The molecule has 2 amide bonds. The van der Waals surface area contributed by atoms with Crippen molar-refractivity contribution in [3.63, 3.8) is 0 Å². The van der Waals surface area contributed by atoms with Gasteiger partial charge in [0.2, 0.25) is 5.91 Å². The summed E-state index contributed by atoms with van der Waals surface area (Å²) in [5, 5.41) is 8.96. The Labute approximate surface area is 149 Å². The maximum atomic E-state index is 12.2. The van der Waals surface area contributed by atoms with Crippen LogP contribution in [0.4, 0.5) is 4.79 Å². The molecule has 1 heterocycles. The standard InChI is InChI=1S/C19H29N3O3/c1-19(2,3)25-18(24)21-11-7-6-10-20-17(23)16-12-14-8-4-5-9-15(14)13-22-16/h4-5,8-9,16,22H,6-7,10-13H2,1-3H3,(H,20,23)(H,21,24)/t16-/m0/s1. The lowest BCUT2D eigenvalue weighted by molar-refractivity contribution is -0.123. The van der Waals surface area contributed by atoms with Crippen LogP contribution < -0.4 is 16.0 Å². The first-order chi connectivity index (χ1) is 11.8. The zero-order valence-corrected chi connectivity index (χ0v) is 15.4. The smallest absolute Gasteiger partial charge is 0.407 e. The largest absolute Gasteiger partial charge is 0.444 e. The highest BCUT2D eigenvalue weighted by molar-refractivity contribution is 5.82. The molecule has 6 nitrogen and oxygen atoms in total. The lowest BCUT2D eigenvalue weighted by atomic mass is 9.95. The number of unbranched alkanes of at least 4 members (excludes halogenated alkanes) is 1. The van der Waals surface area contributed by atoms with Crippen molar-refractivity contribution in [1.82, 2.24) is 16.0 Å². The van der Waals surface area contributed by atoms with Crippen LogP contribution in [-0.4, -0.2) is 36.7 Å². The van der Waals surface area contributed by atoms with Gasteiger partial charge in [-0.25, -0.2) is 4.79 Å². The van der Waals surface area contributed by atoms with Crippen molar-refractivity contribution in [3.05, 3.63) is 35.4 Å². The first-order valence-corrected chi connectivity index (χ1v) is 8.90. The Balaban J connectivity index is 1.58. The summed E-state index contributed by atoms with van der Waals surface area (Å²) in [7, 11) is 0. The van der Waals surface area contributed by atoms with Crippen LogP contribution in [0.1, 0.15) is 44.7 Å². The first-order valence-electron chi connectivity index (χ1n) is 8.90. The summed E-state index contributed by atoms with van der Waals surface area (Å²) >= 11 is 0. The number of hydrogen-bond donors (Lipinski definition) is 3. The van der Waals surface area contributed by atoms with Gasteiger partial charge in [0.25, 0.3) is 0 Å². The number of nitrogens with one attached hydrogen (secondary N) is 3. The van der Waals surface area contributed by atoms with Gasteiger partial charge in [0.05, 0.1) is 6.04 Å². The number of amides is 2. The second-order valence-corrected chi connectivity index (χ2v) is 7.33. The summed E-state index contributed by atoms with van der Waals surface area (Å²) in [6.07, 6.45) is 1.93. The molecule has 2 rings (SSSR count). The van der Waals surface area contributed by atoms with Crippen molar-refractivity contribution in [2.45, 2.75) is 58.2 Å². The fourth-order valence-corrected chi connectivity index (χ4v) is 2.73. The van der Waals surface area contributed by atoms with Crippen molar-refractivity contribution >= 4 is 12.0 Å². The summed E-state index contributed by atoms with van der Waals surface area (Å²) < 4.78 is 5.16. The highest BCUT2D eigenvalue weighted by Crippen LogP contribution is 2.16. The molecular weight excluding hydrogens is 318 g/mol. The van der Waals surface area contributed by atoms with Crippen LogP contribution >= 0.6 is 0 Å². The molecule has 1 aromatic carbocycles. The SMILES string of the molecule is CC(C)(C)OC(=O)NCCCCNC(=O)[C@@H]1Cc2ccccc2CN1. The van der Waals surface area contributed by atoms with E-state index in [1.807, 2.05) is 32.9 Å². The van der Waals surface area contributed by atoms with Crippen LogP contribution in [0.3, 0.4) is 0 Å². The van der Waals surface area contributed by atoms with E-state index in [9.17, 15) is 9.59 Å². The van der Waals surface area contributed by atoms with Crippen LogP contribution in [-0.2, 0) is 22.5 Å². The average molecular weight is 347 g/mol. The number of alkyl carbamates (subject to hydrolysis) is 1. The Morgan fingerprint density at radius 2 is 1.76 bits per heavy atom. The molecule has 1 aliphatic heterocycles. The molecule has 25 heavy (non-hydrogen) atoms. The molecule has 138 valence electrons. The van der Waals surface area contributed by atoms with Crippen LogP contribution in [0.2, 0.25) is 0 Å². The molecule has 0 aromatic heterocycles. The fourth-order valence-electron chi connectivity index (χ4n) is 2.73. The third-order valence-electron chi connectivity index (χ3n) is 3.97. The Morgan fingerprint density at radius 3 is 2.44 bits per heavy atom. The number of benzene rings is 1. The Morgan fingerprint density at radius 1 is 1.12 bits per heavy atom. The minimum Gasteiger partial charge on any atom is -0.444 e. The zero-order chi connectivity index (χ0) is 18.3. The number of fused-ring (bicyclic) bond motifs is 1. The highest BCUT2D eigenvalue weighted by atomic mass is 16.6. The van der Waals surface area contributed by atoms with E-state index in [1.54, 1.807) is 0 Å². The molecule has 6 heteroatoms. The molecule has 0 unspecified atom stereocenters. The Kier molecular flexibility index (Phi) is 6.82. The number of carbonyl (C=O) groups excluding carboxylic acids is 2. The van der Waals surface area contributed by atoms with E-state index in [1.165, 1.54) is 11.1 Å². The molecule has 1 aliphatic rings. The molecule has 0 aliphatic carbocycles. The molecular formula is C19H29N3O3. The molecule has 1 aromatic rings. The lowest BCUT2D eigenvalue weighted by Gasteiger charge is -2.25. The lowest BCUT2D eigenvalue weighted by Crippen LogP contribution is -2.47. The van der Waals surface area contributed by atoms with E-state index >= 15 is 0 Å². The highest BCUT2D eigenvalue weighted by Gasteiger charge is 2.23. The minimum atomic E-state index is -0.482. The van der Waals surface area contributed by atoms with Gasteiger partial charge in [0.1, 0.15) is 5.60 Å². The van der Waals surface area contributed by atoms with Crippen molar-refractivity contribution in [1.29, 1.82) is 0 Å². The first kappa shape index (κ1) is 19.2. The topological polar surface area (TPSA) is 79.5 Å². The van der Waals surface area contributed by atoms with Gasteiger partial charge in [-0.3, -0.25) is 4.79 Å². The molecule has 1 atom stereocenters. The van der Waals surface area contributed by atoms with E-state index in [4.69, 9.17) is 4.74 Å². The van der Waals surface area contributed by atoms with Crippen molar-refractivity contribution in [2.75, 3.05) is 13.1 Å². The quantitative estimate of drug-likeness (QED) is 0.689. The second kappa shape index (κ2) is 8.85. The van der Waals surface area contributed by atoms with Crippen molar-refractivity contribution in [2.24, 2.45) is 0 Å². The third kappa shape index (κ3) is 6.74. The molecule has 0 saturated heterocycles. The summed E-state index contributed by atoms with van der Waals surface area (Å²) in [4.78, 5) is 23.7. The summed E-state index contributed by atoms with van der Waals surface area (Å²) in [5.74, 6) is 0.0367. The average Bonchev–Trinajstić information content (AvgIpc) is 2.55. The predicted molar refractivity (Wildman–Crippen MR) is 97.3 cm³/mol. The van der Waals surface area contributed by atoms with Gasteiger partial charge < -0.3 is 20.7 Å². The van der Waals surface area contributed by atoms with E-state index in [2.05, 4.69) is 28.1 Å². The molecule has 0 radical (unpaired) electrons. The van der Waals surface area contributed by atoms with Gasteiger partial charge in [-0.1, -0.05) is 24.3 Å². The summed E-state index contributed by atoms with van der Waals surface area (Å²) in [6, 6.07) is 8.03. The van der Waals surface area contributed by atoms with E-state index in [0.29, 0.717) is 13.1 Å². The normalized spacial score (nSPS) is 16.7. The van der Waals surface area contributed by atoms with E-state index in [-0.39, 0.29) is 11.9 Å². The molecule has 3 N–H and O–H groups in total. The second-order valence-electron chi connectivity index (χ2n) is 7.33. The van der Waals surface area contributed by atoms with Gasteiger partial charge in [-0.15, -0.1) is 0 Å². The van der Waals surface area contributed by atoms with E-state index < -0.39 is 11.7 Å². The molecule has 0 spiro atoms. The Hall–Kier alpha value is -2.08. The van der Waals surface area contributed by atoms with Crippen LogP contribution in [0.5, 0.6) is 0 Å². The Bertz CT molecular complexity index is 596.